The predicted octanol–water partition coefficient (Wildman–Crippen LogP) is 2.97. The molecule has 0 radical (unpaired) electrons. The summed E-state index contributed by atoms with van der Waals surface area (Å²) in [7, 11) is 0. The van der Waals surface area contributed by atoms with Gasteiger partial charge in [-0.05, 0) is 35.4 Å². The molecule has 2 heterocycles. The monoisotopic (exact) mass is 357 g/mol. The van der Waals surface area contributed by atoms with E-state index in [-0.39, 0.29) is 11.8 Å². The first-order valence-corrected chi connectivity index (χ1v) is 8.87. The average molecular weight is 357 g/mol. The lowest BCUT2D eigenvalue weighted by molar-refractivity contribution is -0.122. The Kier molecular flexibility index (Phi) is 4.66. The van der Waals surface area contributed by atoms with Gasteiger partial charge in [0.1, 0.15) is 6.04 Å². The van der Waals surface area contributed by atoms with E-state index in [0.717, 1.165) is 16.8 Å². The molecule has 1 aliphatic heterocycles. The van der Waals surface area contributed by atoms with Crippen LogP contribution in [0.3, 0.4) is 0 Å². The number of nitrogens with one attached hydrogen (secondary N) is 1. The highest BCUT2D eigenvalue weighted by Crippen LogP contribution is 2.33. The number of nitrogens with zero attached hydrogens (tertiary/aromatic N) is 2. The van der Waals surface area contributed by atoms with Crippen molar-refractivity contribution >= 4 is 17.5 Å². The smallest absolute Gasteiger partial charge is 0.259 e. The maximum Gasteiger partial charge on any atom is 0.259 e. The highest BCUT2D eigenvalue weighted by atomic mass is 16.2. The number of hydrogen-bond acceptors (Lipinski definition) is 3. The van der Waals surface area contributed by atoms with E-state index in [1.54, 1.807) is 29.4 Å². The molecular formula is C22H19N3O2. The molecule has 5 nitrogen and oxygen atoms in total. The number of fused-ring (bicyclic) bond motifs is 1. The minimum absolute atomic E-state index is 0.165. The van der Waals surface area contributed by atoms with Crippen molar-refractivity contribution < 1.29 is 9.59 Å². The molecule has 0 unspecified atom stereocenters. The van der Waals surface area contributed by atoms with Crippen LogP contribution in [0.15, 0.2) is 79.1 Å². The second kappa shape index (κ2) is 7.41. The molecule has 0 bridgehead atoms. The first kappa shape index (κ1) is 17.0. The quantitative estimate of drug-likeness (QED) is 0.781. The zero-order valence-corrected chi connectivity index (χ0v) is 14.7. The van der Waals surface area contributed by atoms with Crippen LogP contribution in [0.25, 0.3) is 0 Å². The maximum absolute atomic E-state index is 13.1. The van der Waals surface area contributed by atoms with Crippen molar-refractivity contribution in [3.8, 4) is 0 Å². The normalized spacial score (nSPS) is 15.3. The number of pyridine rings is 1. The molecule has 27 heavy (non-hydrogen) atoms. The lowest BCUT2D eigenvalue weighted by Crippen LogP contribution is -2.48. The number of para-hydroxylation sites is 1. The Hall–Kier alpha value is -3.47. The molecule has 1 atom stereocenters. The van der Waals surface area contributed by atoms with Gasteiger partial charge in [-0.2, -0.15) is 0 Å². The summed E-state index contributed by atoms with van der Waals surface area (Å²) in [5.41, 5.74) is 3.29. The number of carbonyl (C=O) groups excluding carboxylic acids is 2. The molecule has 0 fully saturated rings. The summed E-state index contributed by atoms with van der Waals surface area (Å²) in [6.07, 6.45) is 3.92. The summed E-state index contributed by atoms with van der Waals surface area (Å²) < 4.78 is 0. The fraction of sp³-hybridized carbons (Fsp3) is 0.136. The van der Waals surface area contributed by atoms with Crippen molar-refractivity contribution in [2.24, 2.45) is 0 Å². The summed E-state index contributed by atoms with van der Waals surface area (Å²) >= 11 is 0. The van der Waals surface area contributed by atoms with Crippen LogP contribution in [0, 0.1) is 0 Å². The fourth-order valence-corrected chi connectivity index (χ4v) is 3.38. The summed E-state index contributed by atoms with van der Waals surface area (Å²) in [4.78, 5) is 31.7. The lowest BCUT2D eigenvalue weighted by atomic mass is 10.1. The second-order valence-corrected chi connectivity index (χ2v) is 6.47. The number of anilines is 1. The first-order valence-electron chi connectivity index (χ1n) is 8.87. The average Bonchev–Trinajstić information content (AvgIpc) is 3.12. The number of aromatic nitrogens is 1. The maximum atomic E-state index is 13.1. The first-order chi connectivity index (χ1) is 13.2. The molecule has 0 spiro atoms. The summed E-state index contributed by atoms with van der Waals surface area (Å²) in [6, 6.07) is 19.9. The van der Waals surface area contributed by atoms with Crippen molar-refractivity contribution in [1.82, 2.24) is 10.3 Å². The molecule has 2 amide bonds. The third-order valence-electron chi connectivity index (χ3n) is 4.71. The fourth-order valence-electron chi connectivity index (χ4n) is 3.38. The molecule has 0 saturated heterocycles. The number of benzene rings is 2. The minimum Gasteiger partial charge on any atom is -0.350 e. The topological polar surface area (TPSA) is 62.3 Å². The molecule has 1 aromatic heterocycles. The van der Waals surface area contributed by atoms with Crippen LogP contribution in [-0.2, 0) is 17.8 Å². The van der Waals surface area contributed by atoms with Crippen LogP contribution in [0.4, 0.5) is 5.69 Å². The molecule has 0 aliphatic carbocycles. The molecule has 1 aliphatic rings. The van der Waals surface area contributed by atoms with Crippen molar-refractivity contribution in [2.75, 3.05) is 4.90 Å². The van der Waals surface area contributed by atoms with Gasteiger partial charge in [0, 0.05) is 36.6 Å². The Bertz CT molecular complexity index is 958. The van der Waals surface area contributed by atoms with Gasteiger partial charge in [-0.1, -0.05) is 42.5 Å². The standard InChI is InChI=1S/C22H19N3O2/c26-21(24-15-16-7-6-12-23-14-16)20-13-18-10-4-5-11-19(18)25(20)22(27)17-8-2-1-3-9-17/h1-12,14,20H,13,15H2,(H,24,26)/t20-/m0/s1. The third-order valence-corrected chi connectivity index (χ3v) is 4.71. The molecule has 134 valence electrons. The van der Waals surface area contributed by atoms with E-state index in [1.807, 2.05) is 54.6 Å². The Morgan fingerprint density at radius 2 is 1.78 bits per heavy atom. The van der Waals surface area contributed by atoms with Gasteiger partial charge in [0.05, 0.1) is 0 Å². The van der Waals surface area contributed by atoms with Gasteiger partial charge in [-0.25, -0.2) is 0 Å². The molecule has 2 aromatic carbocycles. The van der Waals surface area contributed by atoms with Gasteiger partial charge >= 0.3 is 0 Å². The molecule has 5 heteroatoms. The van der Waals surface area contributed by atoms with E-state index in [1.165, 1.54) is 0 Å². The third kappa shape index (κ3) is 3.44. The number of hydrogen-bond donors (Lipinski definition) is 1. The second-order valence-electron chi connectivity index (χ2n) is 6.47. The van der Waals surface area contributed by atoms with Crippen LogP contribution < -0.4 is 10.2 Å². The minimum atomic E-state index is -0.563. The number of amides is 2. The molecular weight excluding hydrogens is 338 g/mol. The Morgan fingerprint density at radius 1 is 1.00 bits per heavy atom. The summed E-state index contributed by atoms with van der Waals surface area (Å²) in [6.45, 7) is 0.382. The predicted molar refractivity (Wildman–Crippen MR) is 103 cm³/mol. The molecule has 0 saturated carbocycles. The van der Waals surface area contributed by atoms with Gasteiger partial charge in [0.2, 0.25) is 5.91 Å². The zero-order valence-electron chi connectivity index (χ0n) is 14.7. The Balaban J connectivity index is 1.59. The van der Waals surface area contributed by atoms with Gasteiger partial charge in [-0.3, -0.25) is 19.5 Å². The van der Waals surface area contributed by atoms with Gasteiger partial charge < -0.3 is 5.32 Å². The lowest BCUT2D eigenvalue weighted by Gasteiger charge is -2.25. The largest absolute Gasteiger partial charge is 0.350 e. The van der Waals surface area contributed by atoms with Gasteiger partial charge in [0.15, 0.2) is 0 Å². The van der Waals surface area contributed by atoms with Crippen LogP contribution in [0.1, 0.15) is 21.5 Å². The van der Waals surface area contributed by atoms with E-state index >= 15 is 0 Å². The Morgan fingerprint density at radius 3 is 2.56 bits per heavy atom. The van der Waals surface area contributed by atoms with Crippen LogP contribution in [-0.4, -0.2) is 22.8 Å². The van der Waals surface area contributed by atoms with Crippen LogP contribution >= 0.6 is 0 Å². The van der Waals surface area contributed by atoms with Gasteiger partial charge in [0.25, 0.3) is 5.91 Å². The Labute approximate surface area is 157 Å². The van der Waals surface area contributed by atoms with Crippen molar-refractivity contribution in [3.05, 3.63) is 95.8 Å². The number of carbonyl (C=O) groups is 2. The zero-order chi connectivity index (χ0) is 18.6. The van der Waals surface area contributed by atoms with Crippen molar-refractivity contribution in [1.29, 1.82) is 0 Å². The summed E-state index contributed by atoms with van der Waals surface area (Å²) in [5, 5.41) is 2.94. The van der Waals surface area contributed by atoms with Crippen LogP contribution in [0.2, 0.25) is 0 Å². The van der Waals surface area contributed by atoms with E-state index in [0.29, 0.717) is 18.5 Å². The number of rotatable bonds is 4. The molecule has 4 rings (SSSR count). The SMILES string of the molecule is O=C(NCc1cccnc1)[C@@H]1Cc2ccccc2N1C(=O)c1ccccc1. The highest BCUT2D eigenvalue weighted by Gasteiger charge is 2.38. The van der Waals surface area contributed by atoms with Crippen molar-refractivity contribution in [3.63, 3.8) is 0 Å². The van der Waals surface area contributed by atoms with Crippen molar-refractivity contribution in [2.45, 2.75) is 19.0 Å². The van der Waals surface area contributed by atoms with E-state index in [4.69, 9.17) is 0 Å². The van der Waals surface area contributed by atoms with Gasteiger partial charge in [-0.15, -0.1) is 0 Å². The molecule has 1 N–H and O–H groups in total. The van der Waals surface area contributed by atoms with E-state index in [2.05, 4.69) is 10.3 Å². The van der Waals surface area contributed by atoms with E-state index in [9.17, 15) is 9.59 Å². The highest BCUT2D eigenvalue weighted by molar-refractivity contribution is 6.11. The summed E-state index contributed by atoms with van der Waals surface area (Å²) in [5.74, 6) is -0.332. The van der Waals surface area contributed by atoms with E-state index < -0.39 is 6.04 Å². The van der Waals surface area contributed by atoms with Crippen LogP contribution in [0.5, 0.6) is 0 Å². The molecule has 3 aromatic rings.